The van der Waals surface area contributed by atoms with Crippen molar-refractivity contribution < 1.29 is 15.0 Å². The number of phenolic OH excluding ortho intramolecular Hbond substituents is 1. The maximum absolute atomic E-state index is 13.3. The molecule has 146 valence electrons. The molecule has 5 heteroatoms. The molecule has 0 saturated carbocycles. The molecule has 0 fully saturated rings. The molecule has 0 aliphatic heterocycles. The molecule has 0 bridgehead atoms. The Hall–Kier alpha value is -3.41. The molecular weight excluding hydrogens is 412 g/mol. The van der Waals surface area contributed by atoms with E-state index < -0.39 is 0 Å². The van der Waals surface area contributed by atoms with E-state index in [1.807, 2.05) is 72.1 Å². The molecule has 3 nitrogen and oxygen atoms in total. The molecule has 0 aliphatic carbocycles. The predicted molar refractivity (Wildman–Crippen MR) is 124 cm³/mol. The lowest BCUT2D eigenvalue weighted by Crippen LogP contribution is -2.00. The third-order valence-corrected chi connectivity index (χ3v) is 6.91. The molecule has 0 unspecified atom stereocenters. The second kappa shape index (κ2) is 7.44. The topological polar surface area (TPSA) is 57.5 Å². The maximum atomic E-state index is 13.3. The molecule has 0 atom stereocenters. The number of hydrogen-bond donors (Lipinski definition) is 2. The van der Waals surface area contributed by atoms with Crippen LogP contribution in [0.5, 0.6) is 10.8 Å². The van der Waals surface area contributed by atoms with Crippen LogP contribution in [0.2, 0.25) is 0 Å². The summed E-state index contributed by atoms with van der Waals surface area (Å²) in [7, 11) is 0. The number of aromatic hydroxyl groups is 2. The van der Waals surface area contributed by atoms with Gasteiger partial charge >= 0.3 is 0 Å². The highest BCUT2D eigenvalue weighted by atomic mass is 32.1. The number of ketones is 1. The van der Waals surface area contributed by atoms with Crippen LogP contribution in [-0.4, -0.2) is 16.0 Å². The molecule has 30 heavy (non-hydrogen) atoms. The molecule has 0 spiro atoms. The van der Waals surface area contributed by atoms with Gasteiger partial charge in [0.05, 0.1) is 4.88 Å². The van der Waals surface area contributed by atoms with Crippen LogP contribution in [0, 0.1) is 0 Å². The van der Waals surface area contributed by atoms with Crippen molar-refractivity contribution in [3.05, 3.63) is 94.7 Å². The molecular formula is C25H16O3S2. The van der Waals surface area contributed by atoms with E-state index in [0.717, 1.165) is 32.3 Å². The zero-order valence-corrected chi connectivity index (χ0v) is 17.3. The van der Waals surface area contributed by atoms with Crippen molar-refractivity contribution in [3.8, 4) is 33.1 Å². The number of thiophene rings is 2. The first-order chi connectivity index (χ1) is 14.6. The van der Waals surface area contributed by atoms with E-state index in [1.54, 1.807) is 12.1 Å². The lowest BCUT2D eigenvalue weighted by molar-refractivity contribution is 0.104. The highest BCUT2D eigenvalue weighted by molar-refractivity contribution is 7.21. The van der Waals surface area contributed by atoms with E-state index in [4.69, 9.17) is 0 Å². The summed E-state index contributed by atoms with van der Waals surface area (Å²) in [5.74, 6) is 0.142. The fourth-order valence-electron chi connectivity index (χ4n) is 3.59. The minimum absolute atomic E-state index is 0.0363. The fraction of sp³-hybridized carbons (Fsp3) is 0. The van der Waals surface area contributed by atoms with Crippen molar-refractivity contribution in [1.29, 1.82) is 0 Å². The predicted octanol–water partition coefficient (Wildman–Crippen LogP) is 6.94. The van der Waals surface area contributed by atoms with Crippen LogP contribution in [0.1, 0.15) is 15.2 Å². The molecule has 5 rings (SSSR count). The van der Waals surface area contributed by atoms with Gasteiger partial charge in [0.15, 0.2) is 5.06 Å². The van der Waals surface area contributed by atoms with Crippen LogP contribution in [-0.2, 0) is 0 Å². The maximum Gasteiger partial charge on any atom is 0.203 e. The molecule has 2 aromatic heterocycles. The molecule has 0 saturated heterocycles. The number of carbonyl (C=O) groups is 1. The summed E-state index contributed by atoms with van der Waals surface area (Å²) in [6.07, 6.45) is 0. The van der Waals surface area contributed by atoms with Crippen LogP contribution >= 0.6 is 22.7 Å². The van der Waals surface area contributed by atoms with Gasteiger partial charge in [-0.25, -0.2) is 0 Å². The van der Waals surface area contributed by atoms with Crippen LogP contribution < -0.4 is 0 Å². The van der Waals surface area contributed by atoms with Gasteiger partial charge in [-0.2, -0.15) is 0 Å². The van der Waals surface area contributed by atoms with E-state index >= 15 is 0 Å². The summed E-state index contributed by atoms with van der Waals surface area (Å²) in [5, 5.41) is 23.0. The van der Waals surface area contributed by atoms with Gasteiger partial charge in [0.1, 0.15) is 5.75 Å². The first-order valence-corrected chi connectivity index (χ1v) is 11.0. The zero-order valence-electron chi connectivity index (χ0n) is 15.7. The Morgan fingerprint density at radius 1 is 0.800 bits per heavy atom. The normalized spacial score (nSPS) is 11.1. The molecule has 0 radical (unpaired) electrons. The van der Waals surface area contributed by atoms with Gasteiger partial charge in [-0.1, -0.05) is 54.6 Å². The number of hydrogen-bond acceptors (Lipinski definition) is 5. The average Bonchev–Trinajstić information content (AvgIpc) is 3.37. The second-order valence-corrected chi connectivity index (χ2v) is 8.85. The minimum Gasteiger partial charge on any atom is -0.508 e. The first kappa shape index (κ1) is 18.6. The SMILES string of the molecule is O=C(c1ccccc1)c1sc2cc(O)ccc2c1-c1ccc(-c2ccsc2O)cc1. The lowest BCUT2D eigenvalue weighted by atomic mass is 9.96. The number of carbonyl (C=O) groups excluding carboxylic acids is 1. The van der Waals surface area contributed by atoms with Gasteiger partial charge in [0.25, 0.3) is 0 Å². The lowest BCUT2D eigenvalue weighted by Gasteiger charge is -2.07. The molecule has 3 aromatic carbocycles. The Balaban J connectivity index is 1.68. The van der Waals surface area contributed by atoms with E-state index in [1.165, 1.54) is 22.7 Å². The van der Waals surface area contributed by atoms with Gasteiger partial charge in [0, 0.05) is 26.8 Å². The zero-order chi connectivity index (χ0) is 20.7. The smallest absolute Gasteiger partial charge is 0.203 e. The minimum atomic E-state index is -0.0363. The number of fused-ring (bicyclic) bond motifs is 1. The molecule has 0 aliphatic rings. The monoisotopic (exact) mass is 428 g/mol. The van der Waals surface area contributed by atoms with Crippen LogP contribution in [0.4, 0.5) is 0 Å². The van der Waals surface area contributed by atoms with E-state index in [-0.39, 0.29) is 11.5 Å². The summed E-state index contributed by atoms with van der Waals surface area (Å²) < 4.78 is 0.865. The highest BCUT2D eigenvalue weighted by Crippen LogP contribution is 2.42. The summed E-state index contributed by atoms with van der Waals surface area (Å²) in [6.45, 7) is 0. The molecule has 0 amide bonds. The summed E-state index contributed by atoms with van der Waals surface area (Å²) in [4.78, 5) is 14.0. The third kappa shape index (κ3) is 3.18. The molecule has 2 N–H and O–H groups in total. The van der Waals surface area contributed by atoms with E-state index in [2.05, 4.69) is 0 Å². The fourth-order valence-corrected chi connectivity index (χ4v) is 5.46. The highest BCUT2D eigenvalue weighted by Gasteiger charge is 2.21. The first-order valence-electron chi connectivity index (χ1n) is 9.34. The van der Waals surface area contributed by atoms with Crippen molar-refractivity contribution in [2.24, 2.45) is 0 Å². The third-order valence-electron chi connectivity index (χ3n) is 5.05. The van der Waals surface area contributed by atoms with Gasteiger partial charge in [-0.15, -0.1) is 22.7 Å². The standard InChI is InChI=1S/C25H16O3S2/c26-18-10-11-20-21(14-18)30-24(23(27)17-4-2-1-3-5-17)22(20)16-8-6-15(7-9-16)19-12-13-29-25(19)28/h1-14,26,28H. The van der Waals surface area contributed by atoms with Gasteiger partial charge in [-0.3, -0.25) is 4.79 Å². The Labute approximate surface area is 181 Å². The Morgan fingerprint density at radius 2 is 1.53 bits per heavy atom. The van der Waals surface area contributed by atoms with Crippen molar-refractivity contribution in [2.75, 3.05) is 0 Å². The van der Waals surface area contributed by atoms with Crippen LogP contribution in [0.25, 0.3) is 32.3 Å². The van der Waals surface area contributed by atoms with Crippen LogP contribution in [0.15, 0.2) is 84.2 Å². The van der Waals surface area contributed by atoms with Crippen molar-refractivity contribution in [2.45, 2.75) is 0 Å². The van der Waals surface area contributed by atoms with Crippen molar-refractivity contribution in [1.82, 2.24) is 0 Å². The van der Waals surface area contributed by atoms with Gasteiger partial charge in [0.2, 0.25) is 5.78 Å². The average molecular weight is 429 g/mol. The molecule has 5 aromatic rings. The Kier molecular flexibility index (Phi) is 4.62. The summed E-state index contributed by atoms with van der Waals surface area (Å²) >= 11 is 2.69. The number of phenols is 1. The molecule has 2 heterocycles. The summed E-state index contributed by atoms with van der Waals surface area (Å²) in [6, 6.07) is 24.2. The van der Waals surface area contributed by atoms with Crippen molar-refractivity contribution >= 4 is 38.5 Å². The number of rotatable bonds is 4. The van der Waals surface area contributed by atoms with Crippen LogP contribution in [0.3, 0.4) is 0 Å². The van der Waals surface area contributed by atoms with Crippen molar-refractivity contribution in [3.63, 3.8) is 0 Å². The largest absolute Gasteiger partial charge is 0.508 e. The second-order valence-electron chi connectivity index (χ2n) is 6.90. The summed E-state index contributed by atoms with van der Waals surface area (Å²) in [5.41, 5.74) is 4.14. The Bertz CT molecular complexity index is 1360. The van der Waals surface area contributed by atoms with E-state index in [9.17, 15) is 15.0 Å². The van der Waals surface area contributed by atoms with Gasteiger partial charge < -0.3 is 10.2 Å². The van der Waals surface area contributed by atoms with E-state index in [0.29, 0.717) is 15.5 Å². The quantitative estimate of drug-likeness (QED) is 0.305. The van der Waals surface area contributed by atoms with Gasteiger partial charge in [-0.05, 0) is 40.8 Å². The number of benzene rings is 3. The Morgan fingerprint density at radius 3 is 2.23 bits per heavy atom.